The van der Waals surface area contributed by atoms with Gasteiger partial charge < -0.3 is 10.5 Å². The number of ether oxygens (including phenoxy) is 1. The summed E-state index contributed by atoms with van der Waals surface area (Å²) in [6, 6.07) is 4.73. The van der Waals surface area contributed by atoms with Gasteiger partial charge in [0.1, 0.15) is 22.3 Å². The van der Waals surface area contributed by atoms with Crippen molar-refractivity contribution in [3.63, 3.8) is 0 Å². The quantitative estimate of drug-likeness (QED) is 0.834. The van der Waals surface area contributed by atoms with Gasteiger partial charge >= 0.3 is 5.97 Å². The zero-order chi connectivity index (χ0) is 17.7. The Hall–Kier alpha value is -2.43. The van der Waals surface area contributed by atoms with Crippen LogP contribution in [0.5, 0.6) is 0 Å². The van der Waals surface area contributed by atoms with E-state index < -0.39 is 0 Å². The van der Waals surface area contributed by atoms with Crippen LogP contribution in [0.4, 0.5) is 5.82 Å². The van der Waals surface area contributed by atoms with Crippen LogP contribution in [0.25, 0.3) is 11.1 Å². The lowest BCUT2D eigenvalue weighted by Gasteiger charge is -2.34. The lowest BCUT2D eigenvalue weighted by atomic mass is 9.88. The fourth-order valence-corrected chi connectivity index (χ4v) is 4.91. The van der Waals surface area contributed by atoms with E-state index in [1.807, 2.05) is 5.38 Å². The second-order valence-corrected chi connectivity index (χ2v) is 7.44. The van der Waals surface area contributed by atoms with Gasteiger partial charge in [0.05, 0.1) is 7.11 Å². The monoisotopic (exact) mass is 354 g/mol. The standard InChI is InChI=1S/C18H18N4O2S/c1-22-10-3-4-13(22)16-12(6-10)21-17(20)11(7-19)15(16)9-5-14(25-8-9)18(23)24-2/h5,8,10,13H,3-4,6H2,1-2H3,(H2,20,21)/t10-,13+/m0/s1. The summed E-state index contributed by atoms with van der Waals surface area (Å²) >= 11 is 1.31. The number of methoxy groups -OCH3 is 1. The average molecular weight is 354 g/mol. The third-order valence-corrected chi connectivity index (χ3v) is 6.24. The Labute approximate surface area is 149 Å². The number of hydrogen-bond acceptors (Lipinski definition) is 7. The number of anilines is 1. The molecule has 4 rings (SSSR count). The number of nitrogen functional groups attached to an aromatic ring is 1. The summed E-state index contributed by atoms with van der Waals surface area (Å²) in [5, 5.41) is 11.6. The van der Waals surface area contributed by atoms with Crippen molar-refractivity contribution in [3.8, 4) is 17.2 Å². The zero-order valence-electron chi connectivity index (χ0n) is 14.1. The molecular formula is C18H18N4O2S. The molecule has 2 aromatic heterocycles. The number of carbonyl (C=O) groups is 1. The van der Waals surface area contributed by atoms with E-state index in [4.69, 9.17) is 10.5 Å². The summed E-state index contributed by atoms with van der Waals surface area (Å²) in [6.45, 7) is 0. The van der Waals surface area contributed by atoms with Crippen LogP contribution in [-0.4, -0.2) is 36.1 Å². The first-order valence-corrected chi connectivity index (χ1v) is 9.04. The van der Waals surface area contributed by atoms with E-state index in [1.54, 1.807) is 6.07 Å². The van der Waals surface area contributed by atoms with Crippen molar-refractivity contribution >= 4 is 23.1 Å². The number of thiophene rings is 1. The topological polar surface area (TPSA) is 92.2 Å². The molecule has 0 amide bonds. The van der Waals surface area contributed by atoms with E-state index in [2.05, 4.69) is 23.0 Å². The molecule has 1 fully saturated rings. The van der Waals surface area contributed by atoms with Crippen LogP contribution in [0, 0.1) is 11.3 Å². The van der Waals surface area contributed by atoms with Crippen molar-refractivity contribution in [2.24, 2.45) is 0 Å². The highest BCUT2D eigenvalue weighted by Crippen LogP contribution is 2.48. The number of pyridine rings is 1. The Morgan fingerprint density at radius 1 is 1.52 bits per heavy atom. The molecule has 6 nitrogen and oxygen atoms in total. The second-order valence-electron chi connectivity index (χ2n) is 6.53. The summed E-state index contributed by atoms with van der Waals surface area (Å²) in [4.78, 5) is 19.3. The third-order valence-electron chi connectivity index (χ3n) is 5.33. The van der Waals surface area contributed by atoms with Crippen molar-refractivity contribution in [3.05, 3.63) is 33.1 Å². The predicted molar refractivity (Wildman–Crippen MR) is 95.2 cm³/mol. The van der Waals surface area contributed by atoms with E-state index in [9.17, 15) is 10.1 Å². The van der Waals surface area contributed by atoms with Crippen molar-refractivity contribution in [2.45, 2.75) is 31.3 Å². The number of nitriles is 1. The van der Waals surface area contributed by atoms with Gasteiger partial charge in [-0.15, -0.1) is 11.3 Å². The molecule has 0 aromatic carbocycles. The van der Waals surface area contributed by atoms with Crippen molar-refractivity contribution in [2.75, 3.05) is 19.9 Å². The molecule has 0 unspecified atom stereocenters. The van der Waals surface area contributed by atoms with Crippen LogP contribution < -0.4 is 5.73 Å². The van der Waals surface area contributed by atoms with Gasteiger partial charge in [0.15, 0.2) is 0 Å². The van der Waals surface area contributed by atoms with Crippen LogP contribution in [0.1, 0.15) is 45.4 Å². The van der Waals surface area contributed by atoms with Crippen LogP contribution >= 0.6 is 11.3 Å². The molecule has 0 radical (unpaired) electrons. The highest BCUT2D eigenvalue weighted by molar-refractivity contribution is 7.12. The van der Waals surface area contributed by atoms with Crippen LogP contribution in [0.2, 0.25) is 0 Å². The summed E-state index contributed by atoms with van der Waals surface area (Å²) < 4.78 is 4.81. The van der Waals surface area contributed by atoms with Gasteiger partial charge in [-0.05, 0) is 36.9 Å². The summed E-state index contributed by atoms with van der Waals surface area (Å²) in [6.07, 6.45) is 3.01. The molecule has 4 heterocycles. The minimum absolute atomic E-state index is 0.241. The summed E-state index contributed by atoms with van der Waals surface area (Å²) in [7, 11) is 3.49. The second kappa shape index (κ2) is 5.83. The van der Waals surface area contributed by atoms with E-state index in [0.29, 0.717) is 16.5 Å². The number of carbonyl (C=O) groups excluding carboxylic acids is 1. The molecule has 128 valence electrons. The molecule has 0 saturated carbocycles. The molecule has 2 aliphatic heterocycles. The van der Waals surface area contributed by atoms with Gasteiger partial charge in [0.25, 0.3) is 0 Å². The first kappa shape index (κ1) is 16.1. The maximum absolute atomic E-state index is 11.8. The van der Waals surface area contributed by atoms with Gasteiger partial charge in [-0.25, -0.2) is 9.78 Å². The molecular weight excluding hydrogens is 336 g/mol. The van der Waals surface area contributed by atoms with E-state index in [0.717, 1.165) is 41.6 Å². The molecule has 2 aromatic rings. The van der Waals surface area contributed by atoms with Crippen LogP contribution in [0.3, 0.4) is 0 Å². The highest BCUT2D eigenvalue weighted by Gasteiger charge is 2.41. The lowest BCUT2D eigenvalue weighted by molar-refractivity contribution is 0.0606. The normalized spacial score (nSPS) is 21.6. The highest BCUT2D eigenvalue weighted by atomic mass is 32.1. The first-order chi connectivity index (χ1) is 12.0. The number of fused-ring (bicyclic) bond motifs is 4. The first-order valence-electron chi connectivity index (χ1n) is 8.16. The van der Waals surface area contributed by atoms with Gasteiger partial charge in [0.2, 0.25) is 0 Å². The molecule has 2 N–H and O–H groups in total. The SMILES string of the molecule is COC(=O)c1cc(-c2c(C#N)c(N)nc3c2[C@H]2CC[C@@H](C3)N2C)cs1. The van der Waals surface area contributed by atoms with E-state index in [1.165, 1.54) is 18.4 Å². The molecule has 0 spiro atoms. The molecule has 1 saturated heterocycles. The predicted octanol–water partition coefficient (Wildman–Crippen LogP) is 2.74. The molecule has 2 atom stereocenters. The number of nitrogens with zero attached hydrogens (tertiary/aromatic N) is 3. The lowest BCUT2D eigenvalue weighted by Crippen LogP contribution is -2.35. The van der Waals surface area contributed by atoms with Gasteiger partial charge in [-0.1, -0.05) is 0 Å². The van der Waals surface area contributed by atoms with Gasteiger partial charge in [-0.2, -0.15) is 5.26 Å². The van der Waals surface area contributed by atoms with Crippen molar-refractivity contribution in [1.29, 1.82) is 5.26 Å². The molecule has 7 heteroatoms. The number of nitrogens with two attached hydrogens (primary N) is 1. The fraction of sp³-hybridized carbons (Fsp3) is 0.389. The summed E-state index contributed by atoms with van der Waals surface area (Å²) in [5.74, 6) is -0.102. The summed E-state index contributed by atoms with van der Waals surface area (Å²) in [5.41, 5.74) is 10.2. The minimum atomic E-state index is -0.372. The van der Waals surface area contributed by atoms with E-state index in [-0.39, 0.29) is 17.8 Å². The molecule has 2 bridgehead atoms. The third kappa shape index (κ3) is 2.33. The smallest absolute Gasteiger partial charge is 0.348 e. The van der Waals surface area contributed by atoms with Crippen LogP contribution in [0.15, 0.2) is 11.4 Å². The minimum Gasteiger partial charge on any atom is -0.465 e. The van der Waals surface area contributed by atoms with Gasteiger partial charge in [0, 0.05) is 35.3 Å². The maximum Gasteiger partial charge on any atom is 0.348 e. The largest absolute Gasteiger partial charge is 0.465 e. The Balaban J connectivity index is 1.96. The fourth-order valence-electron chi connectivity index (χ4n) is 4.10. The number of esters is 1. The Bertz CT molecular complexity index is 915. The Morgan fingerprint density at radius 3 is 3.04 bits per heavy atom. The average Bonchev–Trinajstić information content (AvgIpc) is 3.17. The van der Waals surface area contributed by atoms with Crippen molar-refractivity contribution < 1.29 is 9.53 Å². The van der Waals surface area contributed by atoms with Gasteiger partial charge in [-0.3, -0.25) is 4.90 Å². The van der Waals surface area contributed by atoms with E-state index >= 15 is 0 Å². The zero-order valence-corrected chi connectivity index (χ0v) is 14.9. The number of likely N-dealkylation sites (N-methyl/N-ethyl adjacent to an activating group) is 1. The van der Waals surface area contributed by atoms with Crippen LogP contribution in [-0.2, 0) is 11.2 Å². The van der Waals surface area contributed by atoms with Crippen molar-refractivity contribution in [1.82, 2.24) is 9.88 Å². The Kier molecular flexibility index (Phi) is 3.74. The number of hydrogen-bond donors (Lipinski definition) is 1. The maximum atomic E-state index is 11.8. The Morgan fingerprint density at radius 2 is 2.32 bits per heavy atom. The molecule has 2 aliphatic rings. The molecule has 0 aliphatic carbocycles. The number of rotatable bonds is 2. The molecule has 25 heavy (non-hydrogen) atoms. The number of aromatic nitrogens is 1.